The molecule has 0 aromatic heterocycles. The number of carboxylic acids is 1. The topological polar surface area (TPSA) is 57.5 Å². The number of aliphatic carboxylic acids is 1. The van der Waals surface area contributed by atoms with Crippen molar-refractivity contribution in [2.75, 3.05) is 0 Å². The summed E-state index contributed by atoms with van der Waals surface area (Å²) in [5, 5.41) is 18.3. The number of hydrogen-bond acceptors (Lipinski definition) is 2. The number of carbonyl (C=O) groups is 1. The van der Waals surface area contributed by atoms with Crippen molar-refractivity contribution in [3.05, 3.63) is 34.3 Å². The average molecular weight is 355 g/mol. The van der Waals surface area contributed by atoms with Crippen molar-refractivity contribution in [3.63, 3.8) is 0 Å². The van der Waals surface area contributed by atoms with Crippen LogP contribution in [-0.2, 0) is 10.2 Å². The van der Waals surface area contributed by atoms with E-state index in [1.165, 1.54) is 13.8 Å². The molecular weight excluding hydrogens is 341 g/mol. The number of hydrogen-bond donors (Lipinski definition) is 2. The van der Waals surface area contributed by atoms with E-state index in [2.05, 4.69) is 15.9 Å². The quantitative estimate of drug-likeness (QED) is 0.869. The van der Waals surface area contributed by atoms with Crippen molar-refractivity contribution in [2.24, 2.45) is 0 Å². The zero-order valence-electron chi connectivity index (χ0n) is 10.8. The summed E-state index contributed by atoms with van der Waals surface area (Å²) in [6, 6.07) is 6.46. The van der Waals surface area contributed by atoms with E-state index in [0.717, 1.165) is 4.47 Å². The molecule has 0 bridgehead atoms. The molecule has 0 radical (unpaired) electrons. The van der Waals surface area contributed by atoms with Gasteiger partial charge in [-0.3, -0.25) is 0 Å². The lowest BCUT2D eigenvalue weighted by Gasteiger charge is -2.35. The first kappa shape index (κ1) is 17.0. The normalized spacial score (nSPS) is 15.8. The third kappa shape index (κ3) is 3.32. The van der Waals surface area contributed by atoms with Crippen LogP contribution in [-0.4, -0.2) is 28.0 Å². The monoisotopic (exact) mass is 354 g/mol. The molecule has 0 aliphatic heterocycles. The third-order valence-electron chi connectivity index (χ3n) is 3.15. The highest BCUT2D eigenvalue weighted by atomic mass is 79.9. The number of benzene rings is 1. The minimum absolute atomic E-state index is 0.504. The molecule has 112 valence electrons. The minimum Gasteiger partial charge on any atom is -0.479 e. The first-order chi connectivity index (χ1) is 8.90. The van der Waals surface area contributed by atoms with Gasteiger partial charge < -0.3 is 10.2 Å². The smallest absolute Gasteiger partial charge is 0.428 e. The fraction of sp³-hybridized carbons (Fsp3) is 0.462. The Morgan fingerprint density at radius 1 is 1.20 bits per heavy atom. The summed E-state index contributed by atoms with van der Waals surface area (Å²) in [5.41, 5.74) is -4.43. The van der Waals surface area contributed by atoms with Crippen LogP contribution in [0.2, 0.25) is 0 Å². The molecule has 0 saturated carbocycles. The van der Waals surface area contributed by atoms with Gasteiger partial charge in [-0.1, -0.05) is 41.9 Å². The molecule has 1 aromatic rings. The van der Waals surface area contributed by atoms with Gasteiger partial charge in [0.05, 0.1) is 0 Å². The van der Waals surface area contributed by atoms with Gasteiger partial charge in [0.1, 0.15) is 0 Å². The van der Waals surface area contributed by atoms with Crippen molar-refractivity contribution in [1.29, 1.82) is 0 Å². The summed E-state index contributed by atoms with van der Waals surface area (Å²) in [7, 11) is 0. The number of aliphatic hydroxyl groups is 1. The lowest BCUT2D eigenvalue weighted by molar-refractivity contribution is -0.265. The molecule has 0 saturated heterocycles. The van der Waals surface area contributed by atoms with Crippen LogP contribution in [0.5, 0.6) is 0 Å². The Labute approximate surface area is 122 Å². The second-order valence-corrected chi connectivity index (χ2v) is 6.15. The van der Waals surface area contributed by atoms with Gasteiger partial charge >= 0.3 is 12.1 Å². The molecule has 0 fully saturated rings. The maximum Gasteiger partial charge on any atom is 0.428 e. The van der Waals surface area contributed by atoms with Gasteiger partial charge in [-0.2, -0.15) is 13.2 Å². The first-order valence-electron chi connectivity index (χ1n) is 5.69. The van der Waals surface area contributed by atoms with Gasteiger partial charge in [-0.05, 0) is 23.1 Å². The SMILES string of the molecule is CC(C)(CC(O)(C(=O)O)C(F)(F)F)c1ccc(Br)cc1. The van der Waals surface area contributed by atoms with Crippen molar-refractivity contribution < 1.29 is 28.2 Å². The molecule has 0 amide bonds. The number of alkyl halides is 3. The van der Waals surface area contributed by atoms with Gasteiger partial charge in [0, 0.05) is 10.9 Å². The highest BCUT2D eigenvalue weighted by Gasteiger charge is 2.61. The molecule has 1 aromatic carbocycles. The molecule has 0 heterocycles. The van der Waals surface area contributed by atoms with Crippen LogP contribution in [0.4, 0.5) is 13.2 Å². The Bertz CT molecular complexity index is 497. The first-order valence-corrected chi connectivity index (χ1v) is 6.48. The molecule has 0 aliphatic carbocycles. The largest absolute Gasteiger partial charge is 0.479 e. The van der Waals surface area contributed by atoms with E-state index in [1.807, 2.05) is 0 Å². The minimum atomic E-state index is -5.24. The van der Waals surface area contributed by atoms with Gasteiger partial charge in [0.2, 0.25) is 0 Å². The Morgan fingerprint density at radius 3 is 2.00 bits per heavy atom. The Hall–Kier alpha value is -1.08. The fourth-order valence-corrected chi connectivity index (χ4v) is 2.20. The second kappa shape index (κ2) is 5.37. The van der Waals surface area contributed by atoms with Crippen LogP contribution >= 0.6 is 15.9 Å². The summed E-state index contributed by atoms with van der Waals surface area (Å²) in [6.07, 6.45) is -6.22. The molecule has 3 nitrogen and oxygen atoms in total. The highest BCUT2D eigenvalue weighted by molar-refractivity contribution is 9.10. The van der Waals surface area contributed by atoms with Crippen molar-refractivity contribution in [1.82, 2.24) is 0 Å². The molecule has 0 spiro atoms. The number of rotatable bonds is 4. The molecule has 1 unspecified atom stereocenters. The third-order valence-corrected chi connectivity index (χ3v) is 3.67. The summed E-state index contributed by atoms with van der Waals surface area (Å²) < 4.78 is 39.2. The van der Waals surface area contributed by atoms with E-state index in [1.54, 1.807) is 24.3 Å². The van der Waals surface area contributed by atoms with E-state index in [4.69, 9.17) is 5.11 Å². The maximum atomic E-state index is 12.8. The summed E-state index contributed by atoms with van der Waals surface area (Å²) in [4.78, 5) is 10.9. The predicted octanol–water partition coefficient (Wildman–Crippen LogP) is 3.49. The summed E-state index contributed by atoms with van der Waals surface area (Å²) >= 11 is 3.21. The molecule has 1 atom stereocenters. The zero-order valence-corrected chi connectivity index (χ0v) is 12.4. The second-order valence-electron chi connectivity index (χ2n) is 5.23. The van der Waals surface area contributed by atoms with Gasteiger partial charge in [-0.15, -0.1) is 0 Å². The molecular formula is C13H14BrF3O3. The van der Waals surface area contributed by atoms with Crippen LogP contribution in [0.25, 0.3) is 0 Å². The predicted molar refractivity (Wildman–Crippen MR) is 70.4 cm³/mol. The van der Waals surface area contributed by atoms with E-state index in [9.17, 15) is 23.1 Å². The van der Waals surface area contributed by atoms with Crippen LogP contribution < -0.4 is 0 Å². The van der Waals surface area contributed by atoms with E-state index in [-0.39, 0.29) is 0 Å². The maximum absolute atomic E-state index is 12.8. The molecule has 2 N–H and O–H groups in total. The van der Waals surface area contributed by atoms with E-state index >= 15 is 0 Å². The Balaban J connectivity index is 3.16. The van der Waals surface area contributed by atoms with Crippen molar-refractivity contribution in [2.45, 2.75) is 37.5 Å². The van der Waals surface area contributed by atoms with Gasteiger partial charge in [0.15, 0.2) is 0 Å². The summed E-state index contributed by atoms with van der Waals surface area (Å²) in [5.74, 6) is -2.30. The van der Waals surface area contributed by atoms with E-state index in [0.29, 0.717) is 5.56 Å². The van der Waals surface area contributed by atoms with Gasteiger partial charge in [0.25, 0.3) is 5.60 Å². The molecule has 0 aliphatic rings. The molecule has 20 heavy (non-hydrogen) atoms. The Kier molecular flexibility index (Phi) is 4.55. The lowest BCUT2D eigenvalue weighted by atomic mass is 9.75. The zero-order chi connectivity index (χ0) is 15.8. The van der Waals surface area contributed by atoms with Crippen LogP contribution in [0, 0.1) is 0 Å². The standard InChI is InChI=1S/C13H14BrF3O3/c1-11(2,8-3-5-9(14)6-4-8)7-12(20,10(18)19)13(15,16)17/h3-6,20H,7H2,1-2H3,(H,18,19). The molecule has 1 rings (SSSR count). The van der Waals surface area contributed by atoms with Crippen LogP contribution in [0.15, 0.2) is 28.7 Å². The van der Waals surface area contributed by atoms with E-state index < -0.39 is 29.6 Å². The lowest BCUT2D eigenvalue weighted by Crippen LogP contribution is -2.55. The Morgan fingerprint density at radius 2 is 1.65 bits per heavy atom. The average Bonchev–Trinajstić information content (AvgIpc) is 2.27. The summed E-state index contributed by atoms with van der Waals surface area (Å²) in [6.45, 7) is 2.91. The van der Waals surface area contributed by atoms with Crippen molar-refractivity contribution >= 4 is 21.9 Å². The number of carboxylic acid groups (broad SMARTS) is 1. The van der Waals surface area contributed by atoms with Crippen molar-refractivity contribution in [3.8, 4) is 0 Å². The number of halogens is 4. The molecule has 7 heteroatoms. The van der Waals surface area contributed by atoms with Crippen LogP contribution in [0.1, 0.15) is 25.8 Å². The fourth-order valence-electron chi connectivity index (χ4n) is 1.94. The van der Waals surface area contributed by atoms with Gasteiger partial charge in [-0.25, -0.2) is 4.79 Å². The highest BCUT2D eigenvalue weighted by Crippen LogP contribution is 2.41. The van der Waals surface area contributed by atoms with Crippen LogP contribution in [0.3, 0.4) is 0 Å².